The molecule has 0 saturated carbocycles. The summed E-state index contributed by atoms with van der Waals surface area (Å²) in [6, 6.07) is 1.64. The maximum atomic E-state index is 12.1. The van der Waals surface area contributed by atoms with E-state index in [1.54, 1.807) is 25.3 Å². The van der Waals surface area contributed by atoms with Gasteiger partial charge >= 0.3 is 5.97 Å². The number of hydrogen-bond acceptors (Lipinski definition) is 6. The fourth-order valence-corrected chi connectivity index (χ4v) is 2.25. The number of nitrogens with zero attached hydrogens (tertiary/aromatic N) is 3. The molecule has 104 valence electrons. The lowest BCUT2D eigenvalue weighted by molar-refractivity contribution is -0.136. The Hall–Kier alpha value is -2.35. The molecule has 2 heterocycles. The molecule has 0 saturated heterocycles. The summed E-state index contributed by atoms with van der Waals surface area (Å²) in [6.07, 6.45) is -0.165. The van der Waals surface area contributed by atoms with Crippen LogP contribution in [0.15, 0.2) is 11.4 Å². The third-order valence-corrected chi connectivity index (χ3v) is 3.26. The van der Waals surface area contributed by atoms with E-state index in [0.29, 0.717) is 27.8 Å². The number of carboxylic acids is 1. The fraction of sp³-hybridized carbons (Fsp3) is 0.250. The van der Waals surface area contributed by atoms with E-state index in [2.05, 4.69) is 20.5 Å². The predicted octanol–water partition coefficient (Wildman–Crippen LogP) is 1.43. The lowest BCUT2D eigenvalue weighted by Crippen LogP contribution is -2.15. The van der Waals surface area contributed by atoms with Gasteiger partial charge in [0.15, 0.2) is 5.13 Å². The number of carbonyl (C=O) groups excluding carboxylic acids is 1. The maximum absolute atomic E-state index is 12.1. The first-order valence-electron chi connectivity index (χ1n) is 5.74. The summed E-state index contributed by atoms with van der Waals surface area (Å²) in [5.74, 6) is -1.30. The predicted molar refractivity (Wildman–Crippen MR) is 72.9 cm³/mol. The molecule has 0 radical (unpaired) electrons. The van der Waals surface area contributed by atoms with Crippen molar-refractivity contribution in [3.8, 4) is 0 Å². The summed E-state index contributed by atoms with van der Waals surface area (Å²) in [4.78, 5) is 26.7. The van der Waals surface area contributed by atoms with Gasteiger partial charge in [-0.15, -0.1) is 11.3 Å². The van der Waals surface area contributed by atoms with Gasteiger partial charge in [0.1, 0.15) is 0 Å². The number of anilines is 1. The zero-order valence-corrected chi connectivity index (χ0v) is 11.7. The highest BCUT2D eigenvalue weighted by Crippen LogP contribution is 2.17. The van der Waals surface area contributed by atoms with Gasteiger partial charge in [0.05, 0.1) is 29.1 Å². The first-order valence-corrected chi connectivity index (χ1v) is 6.62. The maximum Gasteiger partial charge on any atom is 0.309 e. The van der Waals surface area contributed by atoms with Crippen LogP contribution in [0.1, 0.15) is 27.4 Å². The van der Waals surface area contributed by atoms with Gasteiger partial charge in [0.2, 0.25) is 0 Å². The molecule has 0 spiro atoms. The molecule has 2 aromatic rings. The number of carboxylic acid groups (broad SMARTS) is 1. The van der Waals surface area contributed by atoms with E-state index in [4.69, 9.17) is 5.11 Å². The minimum Gasteiger partial charge on any atom is -0.481 e. The molecule has 2 aromatic heterocycles. The highest BCUT2D eigenvalue weighted by Gasteiger charge is 2.14. The number of aromatic nitrogens is 3. The zero-order valence-electron chi connectivity index (χ0n) is 10.9. The number of aryl methyl sites for hydroxylation is 2. The van der Waals surface area contributed by atoms with E-state index in [1.165, 1.54) is 11.3 Å². The summed E-state index contributed by atoms with van der Waals surface area (Å²) in [5.41, 5.74) is 2.01. The topological polar surface area (TPSA) is 105 Å². The van der Waals surface area contributed by atoms with E-state index < -0.39 is 5.97 Å². The van der Waals surface area contributed by atoms with Crippen LogP contribution in [0.25, 0.3) is 0 Å². The summed E-state index contributed by atoms with van der Waals surface area (Å²) < 4.78 is 0. The lowest BCUT2D eigenvalue weighted by atomic mass is 10.2. The van der Waals surface area contributed by atoms with Crippen LogP contribution in [0, 0.1) is 13.8 Å². The molecule has 0 aromatic carbocycles. The Morgan fingerprint density at radius 1 is 1.35 bits per heavy atom. The van der Waals surface area contributed by atoms with E-state index in [9.17, 15) is 9.59 Å². The van der Waals surface area contributed by atoms with Crippen molar-refractivity contribution in [3.05, 3.63) is 34.1 Å². The SMILES string of the molecule is Cc1cc(C(=O)Nc2nc(CC(=O)O)cs2)c(C)nn1. The molecule has 0 aliphatic heterocycles. The largest absolute Gasteiger partial charge is 0.481 e. The number of thiazole rings is 1. The van der Waals surface area contributed by atoms with E-state index in [1.807, 2.05) is 0 Å². The Kier molecular flexibility index (Phi) is 4.04. The number of hydrogen-bond donors (Lipinski definition) is 2. The summed E-state index contributed by atoms with van der Waals surface area (Å²) >= 11 is 1.18. The number of nitrogens with one attached hydrogen (secondary N) is 1. The van der Waals surface area contributed by atoms with Gasteiger partial charge in [0, 0.05) is 5.38 Å². The van der Waals surface area contributed by atoms with Crippen molar-refractivity contribution in [1.29, 1.82) is 0 Å². The van der Waals surface area contributed by atoms with Crippen LogP contribution in [0.5, 0.6) is 0 Å². The second-order valence-corrected chi connectivity index (χ2v) is 5.01. The summed E-state index contributed by atoms with van der Waals surface area (Å²) in [5, 5.41) is 21.0. The smallest absolute Gasteiger partial charge is 0.309 e. The highest BCUT2D eigenvalue weighted by molar-refractivity contribution is 7.14. The molecule has 2 N–H and O–H groups in total. The normalized spacial score (nSPS) is 10.3. The Balaban J connectivity index is 2.13. The third kappa shape index (κ3) is 3.35. The molecule has 0 aliphatic rings. The van der Waals surface area contributed by atoms with Crippen molar-refractivity contribution >= 4 is 28.3 Å². The average molecular weight is 292 g/mol. The molecule has 2 rings (SSSR count). The van der Waals surface area contributed by atoms with E-state index >= 15 is 0 Å². The van der Waals surface area contributed by atoms with Gasteiger partial charge < -0.3 is 5.11 Å². The molecule has 0 aliphatic carbocycles. The van der Waals surface area contributed by atoms with Gasteiger partial charge in [-0.25, -0.2) is 4.98 Å². The molecular weight excluding hydrogens is 280 g/mol. The molecule has 0 fully saturated rings. The Labute approximate surface area is 118 Å². The first kappa shape index (κ1) is 14.1. The number of amides is 1. The molecule has 0 atom stereocenters. The van der Waals surface area contributed by atoms with Gasteiger partial charge in [-0.05, 0) is 19.9 Å². The standard InChI is InChI=1S/C12H12N4O3S/c1-6-3-9(7(2)16-15-6)11(19)14-12-13-8(5-20-12)4-10(17)18/h3,5H,4H2,1-2H3,(H,17,18)(H,13,14,19). The van der Waals surface area contributed by atoms with Crippen LogP contribution in [0.4, 0.5) is 5.13 Å². The van der Waals surface area contributed by atoms with Crippen molar-refractivity contribution in [2.75, 3.05) is 5.32 Å². The second kappa shape index (κ2) is 5.74. The first-order chi connectivity index (χ1) is 9.45. The van der Waals surface area contributed by atoms with E-state index in [-0.39, 0.29) is 12.3 Å². The molecule has 7 nitrogen and oxygen atoms in total. The average Bonchev–Trinajstić information content (AvgIpc) is 2.78. The quantitative estimate of drug-likeness (QED) is 0.883. The van der Waals surface area contributed by atoms with Crippen molar-refractivity contribution in [3.63, 3.8) is 0 Å². The van der Waals surface area contributed by atoms with Crippen LogP contribution in [-0.2, 0) is 11.2 Å². The highest BCUT2D eigenvalue weighted by atomic mass is 32.1. The van der Waals surface area contributed by atoms with Gasteiger partial charge in [0.25, 0.3) is 5.91 Å². The molecule has 20 heavy (non-hydrogen) atoms. The molecule has 8 heteroatoms. The number of carbonyl (C=O) groups is 2. The monoisotopic (exact) mass is 292 g/mol. The van der Waals surface area contributed by atoms with Crippen LogP contribution in [0.3, 0.4) is 0 Å². The van der Waals surface area contributed by atoms with Crippen LogP contribution < -0.4 is 5.32 Å². The Morgan fingerprint density at radius 3 is 2.80 bits per heavy atom. The second-order valence-electron chi connectivity index (χ2n) is 4.15. The summed E-state index contributed by atoms with van der Waals surface area (Å²) in [6.45, 7) is 3.44. The Morgan fingerprint density at radius 2 is 2.10 bits per heavy atom. The zero-order chi connectivity index (χ0) is 14.7. The summed E-state index contributed by atoms with van der Waals surface area (Å²) in [7, 11) is 0. The molecular formula is C12H12N4O3S. The van der Waals surface area contributed by atoms with Crippen molar-refractivity contribution < 1.29 is 14.7 Å². The van der Waals surface area contributed by atoms with Gasteiger partial charge in [-0.3, -0.25) is 14.9 Å². The minimum atomic E-state index is -0.960. The van der Waals surface area contributed by atoms with Crippen molar-refractivity contribution in [1.82, 2.24) is 15.2 Å². The van der Waals surface area contributed by atoms with Crippen LogP contribution in [0.2, 0.25) is 0 Å². The number of aliphatic carboxylic acids is 1. The lowest BCUT2D eigenvalue weighted by Gasteiger charge is -2.04. The van der Waals surface area contributed by atoms with Crippen LogP contribution >= 0.6 is 11.3 Å². The molecule has 1 amide bonds. The number of rotatable bonds is 4. The third-order valence-electron chi connectivity index (χ3n) is 2.45. The Bertz CT molecular complexity index is 668. The van der Waals surface area contributed by atoms with Gasteiger partial charge in [-0.1, -0.05) is 0 Å². The van der Waals surface area contributed by atoms with Crippen molar-refractivity contribution in [2.24, 2.45) is 0 Å². The molecule has 0 unspecified atom stereocenters. The molecule has 0 bridgehead atoms. The fourth-order valence-electron chi connectivity index (χ4n) is 1.54. The minimum absolute atomic E-state index is 0.165. The van der Waals surface area contributed by atoms with Crippen LogP contribution in [-0.4, -0.2) is 32.2 Å². The van der Waals surface area contributed by atoms with E-state index in [0.717, 1.165) is 0 Å². The van der Waals surface area contributed by atoms with Crippen molar-refractivity contribution in [2.45, 2.75) is 20.3 Å². The van der Waals surface area contributed by atoms with Gasteiger partial charge in [-0.2, -0.15) is 10.2 Å².